The second-order valence-corrected chi connectivity index (χ2v) is 4.75. The van der Waals surface area contributed by atoms with E-state index in [4.69, 9.17) is 11.6 Å². The van der Waals surface area contributed by atoms with E-state index in [-0.39, 0.29) is 18.0 Å². The van der Waals surface area contributed by atoms with E-state index >= 15 is 0 Å². The van der Waals surface area contributed by atoms with Crippen molar-refractivity contribution < 1.29 is 18.0 Å². The summed E-state index contributed by atoms with van der Waals surface area (Å²) >= 11 is 8.48. The number of nitrogens with zero attached hydrogens (tertiary/aromatic N) is 1. The monoisotopic (exact) mass is 343 g/mol. The van der Waals surface area contributed by atoms with Crippen LogP contribution in [0.3, 0.4) is 0 Å². The second-order valence-electron chi connectivity index (χ2n) is 3.46. The van der Waals surface area contributed by atoms with Crippen LogP contribution in [0, 0.1) is 5.82 Å². The zero-order valence-corrected chi connectivity index (χ0v) is 11.5. The number of carbonyl (C=O) groups excluding carboxylic acids is 1. The van der Waals surface area contributed by atoms with Crippen molar-refractivity contribution in [3.63, 3.8) is 0 Å². The normalized spacial score (nSPS) is 10.8. The molecule has 1 rings (SSSR count). The Balaban J connectivity index is 2.94. The number of benzene rings is 1. The molecule has 0 aliphatic carbocycles. The van der Waals surface area contributed by atoms with Gasteiger partial charge in [0.05, 0.1) is 12.1 Å². The Morgan fingerprint density at radius 3 is 2.61 bits per heavy atom. The molecule has 1 aromatic rings. The van der Waals surface area contributed by atoms with Gasteiger partial charge < -0.3 is 4.90 Å². The molecule has 0 heterocycles. The third kappa shape index (κ3) is 4.17. The maximum absolute atomic E-state index is 13.5. The van der Waals surface area contributed by atoms with E-state index in [2.05, 4.69) is 15.9 Å². The molecule has 100 valence electrons. The largest absolute Gasteiger partial charge is 0.332 e. The maximum atomic E-state index is 13.5. The Labute approximate surface area is 116 Å². The van der Waals surface area contributed by atoms with Crippen molar-refractivity contribution in [2.75, 3.05) is 19.0 Å². The lowest BCUT2D eigenvalue weighted by molar-refractivity contribution is 0.0567. The minimum absolute atomic E-state index is 0.0105. The van der Waals surface area contributed by atoms with Crippen LogP contribution in [0.15, 0.2) is 22.7 Å². The molecule has 0 unspecified atom stereocenters. The fraction of sp³-hybridized carbons (Fsp3) is 0.364. The van der Waals surface area contributed by atoms with Crippen molar-refractivity contribution in [2.24, 2.45) is 0 Å². The van der Waals surface area contributed by atoms with Gasteiger partial charge in [0.1, 0.15) is 5.82 Å². The number of alkyl halides is 3. The smallest absolute Gasteiger partial charge is 0.257 e. The van der Waals surface area contributed by atoms with Crippen LogP contribution in [0.4, 0.5) is 13.2 Å². The van der Waals surface area contributed by atoms with Crippen LogP contribution in [0.2, 0.25) is 0 Å². The van der Waals surface area contributed by atoms with Gasteiger partial charge in [0.25, 0.3) is 12.3 Å². The van der Waals surface area contributed by atoms with E-state index in [0.717, 1.165) is 11.0 Å². The third-order valence-corrected chi connectivity index (χ3v) is 2.82. The van der Waals surface area contributed by atoms with Crippen molar-refractivity contribution in [3.8, 4) is 0 Å². The molecule has 1 aromatic carbocycles. The fourth-order valence-corrected chi connectivity index (χ4v) is 1.91. The van der Waals surface area contributed by atoms with E-state index in [1.165, 1.54) is 12.1 Å². The Morgan fingerprint density at radius 1 is 1.44 bits per heavy atom. The quantitative estimate of drug-likeness (QED) is 0.748. The molecule has 0 saturated carbocycles. The highest BCUT2D eigenvalue weighted by Crippen LogP contribution is 2.17. The number of hydrogen-bond acceptors (Lipinski definition) is 1. The standard InChI is InChI=1S/C11H10BrClF3NO/c12-7-1-2-8(9(14)5-7)11(18)17(4-3-13)6-10(15)16/h1-2,5,10H,3-4,6H2. The van der Waals surface area contributed by atoms with Crippen LogP contribution in [-0.2, 0) is 0 Å². The SMILES string of the molecule is O=C(c1ccc(Br)cc1F)N(CCCl)CC(F)F. The molecule has 2 nitrogen and oxygen atoms in total. The van der Waals surface area contributed by atoms with E-state index in [1.807, 2.05) is 0 Å². The molecule has 0 aliphatic rings. The minimum Gasteiger partial charge on any atom is -0.332 e. The Hall–Kier alpha value is -0.750. The van der Waals surface area contributed by atoms with Gasteiger partial charge in [-0.25, -0.2) is 13.2 Å². The Morgan fingerprint density at radius 2 is 2.11 bits per heavy atom. The van der Waals surface area contributed by atoms with Crippen molar-refractivity contribution in [3.05, 3.63) is 34.1 Å². The summed E-state index contributed by atoms with van der Waals surface area (Å²) < 4.78 is 38.6. The number of halogens is 5. The van der Waals surface area contributed by atoms with Gasteiger partial charge >= 0.3 is 0 Å². The van der Waals surface area contributed by atoms with E-state index in [9.17, 15) is 18.0 Å². The fourth-order valence-electron chi connectivity index (χ4n) is 1.38. The molecule has 0 N–H and O–H groups in total. The summed E-state index contributed by atoms with van der Waals surface area (Å²) in [6.45, 7) is -0.818. The molecule has 0 bridgehead atoms. The molecule has 7 heteroatoms. The first kappa shape index (κ1) is 15.3. The van der Waals surface area contributed by atoms with Crippen molar-refractivity contribution in [1.29, 1.82) is 0 Å². The van der Waals surface area contributed by atoms with Gasteiger partial charge in [-0.05, 0) is 18.2 Å². The lowest BCUT2D eigenvalue weighted by atomic mass is 10.2. The lowest BCUT2D eigenvalue weighted by Crippen LogP contribution is -2.37. The van der Waals surface area contributed by atoms with Crippen LogP contribution < -0.4 is 0 Å². The lowest BCUT2D eigenvalue weighted by Gasteiger charge is -2.21. The summed E-state index contributed by atoms with van der Waals surface area (Å²) in [6.07, 6.45) is -2.68. The summed E-state index contributed by atoms with van der Waals surface area (Å²) in [7, 11) is 0. The van der Waals surface area contributed by atoms with Gasteiger partial charge in [-0.3, -0.25) is 4.79 Å². The average molecular weight is 345 g/mol. The van der Waals surface area contributed by atoms with Crippen LogP contribution in [0.5, 0.6) is 0 Å². The van der Waals surface area contributed by atoms with E-state index in [0.29, 0.717) is 4.47 Å². The first-order chi connectivity index (χ1) is 8.45. The number of carbonyl (C=O) groups is 1. The average Bonchev–Trinajstić information content (AvgIpc) is 2.27. The van der Waals surface area contributed by atoms with Gasteiger partial charge in [0.2, 0.25) is 0 Å². The molecule has 18 heavy (non-hydrogen) atoms. The zero-order valence-electron chi connectivity index (χ0n) is 9.18. The van der Waals surface area contributed by atoms with Crippen molar-refractivity contribution in [1.82, 2.24) is 4.90 Å². The topological polar surface area (TPSA) is 20.3 Å². The second kappa shape index (κ2) is 6.99. The molecule has 0 aliphatic heterocycles. The molecule has 0 aromatic heterocycles. The van der Waals surface area contributed by atoms with Crippen molar-refractivity contribution in [2.45, 2.75) is 6.43 Å². The van der Waals surface area contributed by atoms with E-state index < -0.39 is 24.7 Å². The number of amides is 1. The van der Waals surface area contributed by atoms with Crippen molar-refractivity contribution >= 4 is 33.4 Å². The van der Waals surface area contributed by atoms with Gasteiger partial charge in [-0.1, -0.05) is 15.9 Å². The Bertz CT molecular complexity index is 431. The van der Waals surface area contributed by atoms with Gasteiger partial charge in [-0.2, -0.15) is 0 Å². The predicted molar refractivity (Wildman–Crippen MR) is 66.7 cm³/mol. The highest BCUT2D eigenvalue weighted by Gasteiger charge is 2.21. The third-order valence-electron chi connectivity index (χ3n) is 2.16. The molecular weight excluding hydrogens is 334 g/mol. The van der Waals surface area contributed by atoms with Gasteiger partial charge in [0, 0.05) is 16.9 Å². The molecule has 0 fully saturated rings. The van der Waals surface area contributed by atoms with Crippen LogP contribution in [-0.4, -0.2) is 36.2 Å². The van der Waals surface area contributed by atoms with Crippen LogP contribution in [0.1, 0.15) is 10.4 Å². The summed E-state index contributed by atoms with van der Waals surface area (Å²) in [6, 6.07) is 3.82. The first-order valence-corrected chi connectivity index (χ1v) is 6.37. The Kier molecular flexibility index (Phi) is 5.95. The molecule has 1 amide bonds. The molecule has 0 spiro atoms. The summed E-state index contributed by atoms with van der Waals surface area (Å²) in [5.74, 6) is -1.54. The molecular formula is C11H10BrClF3NO. The highest BCUT2D eigenvalue weighted by atomic mass is 79.9. The van der Waals surface area contributed by atoms with Gasteiger partial charge in [0.15, 0.2) is 0 Å². The summed E-state index contributed by atoms with van der Waals surface area (Å²) in [5, 5.41) is 0. The summed E-state index contributed by atoms with van der Waals surface area (Å²) in [5.41, 5.74) is -0.246. The summed E-state index contributed by atoms with van der Waals surface area (Å²) in [4.78, 5) is 12.7. The van der Waals surface area contributed by atoms with E-state index in [1.54, 1.807) is 0 Å². The maximum Gasteiger partial charge on any atom is 0.257 e. The minimum atomic E-state index is -2.68. The molecule has 0 radical (unpaired) electrons. The zero-order chi connectivity index (χ0) is 13.7. The van der Waals surface area contributed by atoms with Gasteiger partial charge in [-0.15, -0.1) is 11.6 Å². The number of rotatable bonds is 5. The molecule has 0 atom stereocenters. The first-order valence-electron chi connectivity index (χ1n) is 5.04. The number of hydrogen-bond donors (Lipinski definition) is 0. The highest BCUT2D eigenvalue weighted by molar-refractivity contribution is 9.10. The predicted octanol–water partition coefficient (Wildman–Crippen LogP) is 3.53. The van der Waals surface area contributed by atoms with Crippen LogP contribution in [0.25, 0.3) is 0 Å². The van der Waals surface area contributed by atoms with Crippen LogP contribution >= 0.6 is 27.5 Å². The molecule has 0 saturated heterocycles.